The number of hydrogen-bond acceptors (Lipinski definition) is 7. The zero-order chi connectivity index (χ0) is 17.0. The number of nitrogen functional groups attached to an aromatic ring is 1. The Balaban J connectivity index is 2.47. The predicted octanol–water partition coefficient (Wildman–Crippen LogP) is 2.92. The molecule has 0 radical (unpaired) electrons. The zero-order valence-electron chi connectivity index (χ0n) is 14.1. The number of nitrogens with zero attached hydrogens (tertiary/aromatic N) is 2. The molecule has 0 atom stereocenters. The van der Waals surface area contributed by atoms with E-state index in [0.717, 1.165) is 22.5 Å². The van der Waals surface area contributed by atoms with Gasteiger partial charge in [0.25, 0.3) is 0 Å². The van der Waals surface area contributed by atoms with Gasteiger partial charge >= 0.3 is 0 Å². The molecule has 0 aliphatic heterocycles. The first-order chi connectivity index (χ1) is 10.8. The monoisotopic (exact) mass is 317 g/mol. The number of anilines is 3. The van der Waals surface area contributed by atoms with Crippen LogP contribution in [0.25, 0.3) is 11.1 Å². The van der Waals surface area contributed by atoms with E-state index in [9.17, 15) is 0 Å². The van der Waals surface area contributed by atoms with Crippen molar-refractivity contribution in [3.63, 3.8) is 0 Å². The fraction of sp³-hybridized carbons (Fsp3) is 0.375. The van der Waals surface area contributed by atoms with E-state index in [1.54, 1.807) is 20.4 Å². The van der Waals surface area contributed by atoms with Crippen molar-refractivity contribution < 1.29 is 9.57 Å². The summed E-state index contributed by atoms with van der Waals surface area (Å²) in [6.45, 7) is 6.27. The summed E-state index contributed by atoms with van der Waals surface area (Å²) in [5.74, 6) is 0.601. The van der Waals surface area contributed by atoms with Crippen LogP contribution >= 0.6 is 0 Å². The summed E-state index contributed by atoms with van der Waals surface area (Å²) in [6, 6.07) is 5.87. The third kappa shape index (κ3) is 4.23. The number of aromatic nitrogens is 2. The molecule has 0 spiro atoms. The van der Waals surface area contributed by atoms with E-state index in [4.69, 9.17) is 15.3 Å². The fourth-order valence-electron chi connectivity index (χ4n) is 2.15. The van der Waals surface area contributed by atoms with Crippen molar-refractivity contribution in [2.45, 2.75) is 26.3 Å². The lowest BCUT2D eigenvalue weighted by atomic mass is 10.0. The van der Waals surface area contributed by atoms with Crippen LogP contribution in [0.2, 0.25) is 0 Å². The Hall–Kier alpha value is -2.54. The van der Waals surface area contributed by atoms with Gasteiger partial charge in [-0.15, -0.1) is 0 Å². The van der Waals surface area contributed by atoms with Gasteiger partial charge in [0.2, 0.25) is 11.8 Å². The molecule has 0 fully saturated rings. The molecule has 0 unspecified atom stereocenters. The highest BCUT2D eigenvalue weighted by atomic mass is 16.6. The molecule has 124 valence electrons. The second-order valence-electron chi connectivity index (χ2n) is 6.09. The highest BCUT2D eigenvalue weighted by molar-refractivity contribution is 5.79. The van der Waals surface area contributed by atoms with Crippen molar-refractivity contribution in [1.29, 1.82) is 0 Å². The van der Waals surface area contributed by atoms with Crippen molar-refractivity contribution in [2.75, 3.05) is 30.8 Å². The molecule has 2 rings (SSSR count). The van der Waals surface area contributed by atoms with Gasteiger partial charge in [-0.3, -0.25) is 10.3 Å². The molecular weight excluding hydrogens is 294 g/mol. The summed E-state index contributed by atoms with van der Waals surface area (Å²) in [5, 5.41) is 3.43. The molecule has 1 aromatic heterocycles. The van der Waals surface area contributed by atoms with Crippen molar-refractivity contribution in [2.24, 2.45) is 0 Å². The van der Waals surface area contributed by atoms with Crippen molar-refractivity contribution >= 4 is 17.3 Å². The first-order valence-corrected chi connectivity index (χ1v) is 7.22. The molecular formula is C16H23N5O2. The standard InChI is InChI=1S/C16H23N5O2/c1-16(2,3)20-12-7-6-10(8-13(12)21-23-5)11-9-18-15(17)19-14(11)22-4/h6-9,20-21H,1-5H3,(H2,17,18,19). The Morgan fingerprint density at radius 1 is 1.13 bits per heavy atom. The lowest BCUT2D eigenvalue weighted by molar-refractivity contribution is 0.271. The number of ether oxygens (including phenoxy) is 1. The van der Waals surface area contributed by atoms with Crippen LogP contribution in [0.4, 0.5) is 17.3 Å². The van der Waals surface area contributed by atoms with Crippen molar-refractivity contribution in [1.82, 2.24) is 9.97 Å². The Kier molecular flexibility index (Phi) is 4.90. The highest BCUT2D eigenvalue weighted by Gasteiger charge is 2.15. The number of hydrogen-bond donors (Lipinski definition) is 3. The fourth-order valence-corrected chi connectivity index (χ4v) is 2.15. The molecule has 23 heavy (non-hydrogen) atoms. The van der Waals surface area contributed by atoms with Gasteiger partial charge in [0, 0.05) is 11.7 Å². The van der Waals surface area contributed by atoms with Gasteiger partial charge in [-0.1, -0.05) is 6.07 Å². The lowest BCUT2D eigenvalue weighted by Gasteiger charge is -2.24. The van der Waals surface area contributed by atoms with Gasteiger partial charge in [-0.2, -0.15) is 4.98 Å². The Morgan fingerprint density at radius 3 is 2.48 bits per heavy atom. The lowest BCUT2D eigenvalue weighted by Crippen LogP contribution is -2.26. The van der Waals surface area contributed by atoms with E-state index in [1.807, 2.05) is 18.2 Å². The van der Waals surface area contributed by atoms with E-state index in [-0.39, 0.29) is 11.5 Å². The largest absolute Gasteiger partial charge is 0.480 e. The van der Waals surface area contributed by atoms with E-state index < -0.39 is 0 Å². The quantitative estimate of drug-likeness (QED) is 0.730. The van der Waals surface area contributed by atoms with E-state index in [1.165, 1.54) is 0 Å². The number of benzene rings is 1. The van der Waals surface area contributed by atoms with Gasteiger partial charge < -0.3 is 15.8 Å². The van der Waals surface area contributed by atoms with E-state index in [0.29, 0.717) is 5.88 Å². The van der Waals surface area contributed by atoms with Crippen LogP contribution in [0.3, 0.4) is 0 Å². The van der Waals surface area contributed by atoms with Crippen molar-refractivity contribution in [3.8, 4) is 17.0 Å². The van der Waals surface area contributed by atoms with Crippen LogP contribution in [0.5, 0.6) is 5.88 Å². The molecule has 7 heteroatoms. The van der Waals surface area contributed by atoms with Crippen LogP contribution in [0.15, 0.2) is 24.4 Å². The molecule has 0 bridgehead atoms. The van der Waals surface area contributed by atoms with E-state index in [2.05, 4.69) is 41.5 Å². The third-order valence-electron chi connectivity index (χ3n) is 3.02. The smallest absolute Gasteiger partial charge is 0.225 e. The highest BCUT2D eigenvalue weighted by Crippen LogP contribution is 2.34. The Labute approximate surface area is 136 Å². The van der Waals surface area contributed by atoms with E-state index >= 15 is 0 Å². The molecule has 0 aliphatic carbocycles. The van der Waals surface area contributed by atoms with Crippen molar-refractivity contribution in [3.05, 3.63) is 24.4 Å². The first kappa shape index (κ1) is 16.8. The second kappa shape index (κ2) is 6.70. The number of nitrogens with two attached hydrogens (primary N) is 1. The van der Waals surface area contributed by atoms with Gasteiger partial charge in [-0.25, -0.2) is 4.98 Å². The number of rotatable bonds is 5. The summed E-state index contributed by atoms with van der Waals surface area (Å²) in [4.78, 5) is 13.2. The Morgan fingerprint density at radius 2 is 1.87 bits per heavy atom. The molecule has 4 N–H and O–H groups in total. The summed E-state index contributed by atoms with van der Waals surface area (Å²) in [5.41, 5.74) is 11.8. The zero-order valence-corrected chi connectivity index (χ0v) is 14.1. The maximum Gasteiger partial charge on any atom is 0.225 e. The third-order valence-corrected chi connectivity index (χ3v) is 3.02. The van der Waals surface area contributed by atoms with Crippen LogP contribution in [-0.2, 0) is 4.84 Å². The molecule has 1 heterocycles. The van der Waals surface area contributed by atoms with Gasteiger partial charge in [0.05, 0.1) is 31.2 Å². The molecule has 1 aromatic carbocycles. The molecule has 0 amide bonds. The second-order valence-corrected chi connectivity index (χ2v) is 6.09. The molecule has 2 aromatic rings. The summed E-state index contributed by atoms with van der Waals surface area (Å²) >= 11 is 0. The number of nitrogens with one attached hydrogen (secondary N) is 2. The van der Waals surface area contributed by atoms with Crippen LogP contribution in [0.1, 0.15) is 20.8 Å². The molecule has 0 saturated carbocycles. The van der Waals surface area contributed by atoms with Crippen LogP contribution in [0, 0.1) is 0 Å². The minimum Gasteiger partial charge on any atom is -0.480 e. The summed E-state index contributed by atoms with van der Waals surface area (Å²) in [7, 11) is 3.12. The Bertz CT molecular complexity index is 683. The average Bonchev–Trinajstić information content (AvgIpc) is 2.48. The predicted molar refractivity (Wildman–Crippen MR) is 92.4 cm³/mol. The molecule has 7 nitrogen and oxygen atoms in total. The first-order valence-electron chi connectivity index (χ1n) is 7.22. The molecule has 0 aliphatic rings. The van der Waals surface area contributed by atoms with Crippen LogP contribution in [-0.4, -0.2) is 29.7 Å². The normalized spacial score (nSPS) is 11.2. The minimum atomic E-state index is -0.0757. The maximum absolute atomic E-state index is 5.61. The molecule has 0 saturated heterocycles. The maximum atomic E-state index is 5.61. The summed E-state index contributed by atoms with van der Waals surface area (Å²) in [6.07, 6.45) is 1.64. The van der Waals surface area contributed by atoms with Gasteiger partial charge in [0.15, 0.2) is 0 Å². The van der Waals surface area contributed by atoms with Gasteiger partial charge in [-0.05, 0) is 38.5 Å². The topological polar surface area (TPSA) is 94.3 Å². The average molecular weight is 317 g/mol. The SMILES string of the molecule is CONc1cc(-c2cnc(N)nc2OC)ccc1NC(C)(C)C. The summed E-state index contributed by atoms with van der Waals surface area (Å²) < 4.78 is 5.29. The van der Waals surface area contributed by atoms with Gasteiger partial charge in [0.1, 0.15) is 0 Å². The number of methoxy groups -OCH3 is 1. The minimum absolute atomic E-state index is 0.0757. The van der Waals surface area contributed by atoms with Crippen LogP contribution < -0.4 is 21.3 Å².